The smallest absolute Gasteiger partial charge is 0.140 e. The van der Waals surface area contributed by atoms with Gasteiger partial charge in [-0.3, -0.25) is 0 Å². The molecule has 0 saturated carbocycles. The molecule has 0 saturated heterocycles. The number of rotatable bonds is 1. The van der Waals surface area contributed by atoms with Gasteiger partial charge in [-0.1, -0.05) is 11.3 Å². The zero-order valence-corrected chi connectivity index (χ0v) is 11.0. The lowest BCUT2D eigenvalue weighted by molar-refractivity contribution is 1.08. The third kappa shape index (κ3) is 1.70. The molecule has 6 heteroatoms. The molecule has 62 valence electrons. The molecule has 2 heterocycles. The van der Waals surface area contributed by atoms with Gasteiger partial charge in [0.1, 0.15) is 0 Å². The fourth-order valence-electron chi connectivity index (χ4n) is 0.743. The summed E-state index contributed by atoms with van der Waals surface area (Å²) in [6.07, 6.45) is 0. The Balaban J connectivity index is 2.50. The largest absolute Gasteiger partial charge is 0.178 e. The Morgan fingerprint density at radius 3 is 2.75 bits per heavy atom. The van der Waals surface area contributed by atoms with E-state index in [4.69, 9.17) is 0 Å². The zero-order valence-electron chi connectivity index (χ0n) is 5.62. The van der Waals surface area contributed by atoms with Gasteiger partial charge in [0.15, 0.2) is 8.02 Å². The maximum Gasteiger partial charge on any atom is 0.178 e. The number of nitrogens with zero attached hydrogens (tertiary/aromatic N) is 2. The molecular weight excluding hydrogens is 371 g/mol. The Morgan fingerprint density at radius 1 is 1.42 bits per heavy atom. The van der Waals surface area contributed by atoms with Crippen molar-refractivity contribution in [2.45, 2.75) is 0 Å². The van der Waals surface area contributed by atoms with Crippen LogP contribution in [0.1, 0.15) is 0 Å². The fourth-order valence-corrected chi connectivity index (χ4v) is 3.84. The van der Waals surface area contributed by atoms with Crippen LogP contribution in [0.5, 0.6) is 0 Å². The van der Waals surface area contributed by atoms with Crippen molar-refractivity contribution in [3.63, 3.8) is 0 Å². The Morgan fingerprint density at radius 2 is 2.25 bits per heavy atom. The summed E-state index contributed by atoms with van der Waals surface area (Å²) in [4.78, 5) is 1.16. The maximum absolute atomic E-state index is 4.06. The van der Waals surface area contributed by atoms with Crippen LogP contribution in [0.4, 0.5) is 0 Å². The molecule has 0 N–H and O–H groups in total. The average Bonchev–Trinajstić information content (AvgIpc) is 2.58. The highest BCUT2D eigenvalue weighted by Crippen LogP contribution is 2.35. The lowest BCUT2D eigenvalue weighted by Gasteiger charge is -1.87. The highest BCUT2D eigenvalue weighted by molar-refractivity contribution is 14.1. The second kappa shape index (κ2) is 3.69. The fraction of sp³-hybridized carbons (Fsp3) is 0. The second-order valence-electron chi connectivity index (χ2n) is 1.96. The van der Waals surface area contributed by atoms with Crippen LogP contribution in [0.3, 0.4) is 0 Å². The van der Waals surface area contributed by atoms with Gasteiger partial charge in [0.2, 0.25) is 0 Å². The van der Waals surface area contributed by atoms with E-state index in [-0.39, 0.29) is 0 Å². The van der Waals surface area contributed by atoms with Crippen LogP contribution in [0, 0.1) is 3.01 Å². The van der Waals surface area contributed by atoms with E-state index in [0.717, 1.165) is 17.4 Å². The standard InChI is InChI=1S/C6H2BrIN2S2/c7-3-1-2-11-4(3)5-9-10-6(8)12-5/h1-2H. The van der Waals surface area contributed by atoms with E-state index in [0.29, 0.717) is 0 Å². The van der Waals surface area contributed by atoms with Crippen LogP contribution in [-0.4, -0.2) is 10.2 Å². The summed E-state index contributed by atoms with van der Waals surface area (Å²) in [6.45, 7) is 0. The number of aromatic nitrogens is 2. The van der Waals surface area contributed by atoms with E-state index in [1.54, 1.807) is 22.7 Å². The number of hydrogen-bond acceptors (Lipinski definition) is 4. The van der Waals surface area contributed by atoms with Crippen molar-refractivity contribution in [1.29, 1.82) is 0 Å². The Kier molecular flexibility index (Phi) is 2.78. The van der Waals surface area contributed by atoms with Crippen molar-refractivity contribution in [2.24, 2.45) is 0 Å². The summed E-state index contributed by atoms with van der Waals surface area (Å²) in [6, 6.07) is 2.02. The van der Waals surface area contributed by atoms with Crippen molar-refractivity contribution in [3.8, 4) is 9.88 Å². The first-order valence-electron chi connectivity index (χ1n) is 3.00. The van der Waals surface area contributed by atoms with Crippen molar-refractivity contribution in [3.05, 3.63) is 18.9 Å². The van der Waals surface area contributed by atoms with Crippen molar-refractivity contribution < 1.29 is 0 Å². The zero-order chi connectivity index (χ0) is 8.55. The minimum absolute atomic E-state index is 0.975. The first-order chi connectivity index (χ1) is 5.77. The lowest BCUT2D eigenvalue weighted by Crippen LogP contribution is -1.71. The molecule has 2 rings (SSSR count). The summed E-state index contributed by atoms with van der Waals surface area (Å²) in [5.74, 6) is 0. The lowest BCUT2D eigenvalue weighted by atomic mass is 10.5. The van der Waals surface area contributed by atoms with Gasteiger partial charge in [-0.2, -0.15) is 0 Å². The van der Waals surface area contributed by atoms with E-state index in [1.165, 1.54) is 0 Å². The van der Waals surface area contributed by atoms with Gasteiger partial charge in [-0.15, -0.1) is 21.5 Å². The molecule has 2 nitrogen and oxygen atoms in total. The molecule has 0 atom stereocenters. The summed E-state index contributed by atoms with van der Waals surface area (Å²) in [7, 11) is 0. The molecule has 0 aliphatic carbocycles. The third-order valence-corrected chi connectivity index (χ3v) is 4.79. The Labute approximate surface area is 99.3 Å². The van der Waals surface area contributed by atoms with Gasteiger partial charge >= 0.3 is 0 Å². The monoisotopic (exact) mass is 372 g/mol. The van der Waals surface area contributed by atoms with Crippen LogP contribution < -0.4 is 0 Å². The van der Waals surface area contributed by atoms with Gasteiger partial charge in [0, 0.05) is 4.47 Å². The Hall–Kier alpha value is 0.470. The van der Waals surface area contributed by atoms with Gasteiger partial charge < -0.3 is 0 Å². The molecule has 0 unspecified atom stereocenters. The molecule has 0 aliphatic heterocycles. The van der Waals surface area contributed by atoms with Crippen LogP contribution in [0.2, 0.25) is 0 Å². The number of halogens is 2. The van der Waals surface area contributed by atoms with E-state index >= 15 is 0 Å². The molecule has 0 fully saturated rings. The number of thiophene rings is 1. The van der Waals surface area contributed by atoms with E-state index in [1.807, 2.05) is 11.4 Å². The Bertz CT molecular complexity index is 398. The molecule has 0 spiro atoms. The summed E-state index contributed by atoms with van der Waals surface area (Å²) < 4.78 is 2.07. The SMILES string of the molecule is Brc1ccsc1-c1nnc(I)s1. The van der Waals surface area contributed by atoms with Crippen molar-refractivity contribution >= 4 is 61.2 Å². The number of hydrogen-bond donors (Lipinski definition) is 0. The first-order valence-corrected chi connectivity index (χ1v) is 6.56. The predicted octanol–water partition coefficient (Wildman–Crippen LogP) is 3.63. The maximum atomic E-state index is 4.06. The normalized spacial score (nSPS) is 10.5. The topological polar surface area (TPSA) is 25.8 Å². The average molecular weight is 373 g/mol. The molecule has 2 aromatic rings. The molecule has 0 bridgehead atoms. The molecule has 0 radical (unpaired) electrons. The van der Waals surface area contributed by atoms with Gasteiger partial charge in [0.25, 0.3) is 0 Å². The first kappa shape index (κ1) is 9.04. The van der Waals surface area contributed by atoms with Crippen LogP contribution in [0.25, 0.3) is 9.88 Å². The van der Waals surface area contributed by atoms with Gasteiger partial charge in [-0.25, -0.2) is 0 Å². The second-order valence-corrected chi connectivity index (χ2v) is 6.46. The molecular formula is C6H2BrIN2S2. The molecule has 12 heavy (non-hydrogen) atoms. The molecule has 0 aromatic carbocycles. The van der Waals surface area contributed by atoms with Crippen molar-refractivity contribution in [1.82, 2.24) is 10.2 Å². The quantitative estimate of drug-likeness (QED) is 0.714. The van der Waals surface area contributed by atoms with Gasteiger partial charge in [0.05, 0.1) is 4.88 Å². The van der Waals surface area contributed by atoms with Crippen LogP contribution >= 0.6 is 61.2 Å². The highest BCUT2D eigenvalue weighted by Gasteiger charge is 2.09. The third-order valence-electron chi connectivity index (χ3n) is 1.21. The minimum atomic E-state index is 0.975. The van der Waals surface area contributed by atoms with E-state index in [9.17, 15) is 0 Å². The van der Waals surface area contributed by atoms with Crippen LogP contribution in [0.15, 0.2) is 15.9 Å². The van der Waals surface area contributed by atoms with E-state index < -0.39 is 0 Å². The summed E-state index contributed by atoms with van der Waals surface area (Å²) in [5.41, 5.74) is 0. The van der Waals surface area contributed by atoms with Crippen molar-refractivity contribution in [2.75, 3.05) is 0 Å². The van der Waals surface area contributed by atoms with Gasteiger partial charge in [-0.05, 0) is 50.0 Å². The summed E-state index contributed by atoms with van der Waals surface area (Å²) >= 11 is 8.91. The van der Waals surface area contributed by atoms with Crippen LogP contribution in [-0.2, 0) is 0 Å². The van der Waals surface area contributed by atoms with E-state index in [2.05, 4.69) is 48.7 Å². The molecule has 2 aromatic heterocycles. The predicted molar refractivity (Wildman–Crippen MR) is 63.6 cm³/mol. The molecule has 0 amide bonds. The molecule has 0 aliphatic rings. The minimum Gasteiger partial charge on any atom is -0.140 e. The highest BCUT2D eigenvalue weighted by atomic mass is 127. The summed E-state index contributed by atoms with van der Waals surface area (Å²) in [5, 5.41) is 11.0.